The number of thioether (sulfide) groups is 1. The third-order valence-corrected chi connectivity index (χ3v) is 5.39. The van der Waals surface area contributed by atoms with Crippen molar-refractivity contribution in [3.05, 3.63) is 17.3 Å². The molecule has 0 aliphatic carbocycles. The highest BCUT2D eigenvalue weighted by molar-refractivity contribution is 7.99. The summed E-state index contributed by atoms with van der Waals surface area (Å²) in [6.45, 7) is 6.57. The summed E-state index contributed by atoms with van der Waals surface area (Å²) in [7, 11) is 0. The van der Waals surface area contributed by atoms with E-state index in [2.05, 4.69) is 44.3 Å². The van der Waals surface area contributed by atoms with Gasteiger partial charge in [0.25, 0.3) is 0 Å². The molecular formula is C13H18N4S2. The number of anilines is 1. The lowest BCUT2D eigenvalue weighted by Gasteiger charge is -2.26. The molecule has 6 heteroatoms. The second-order valence-corrected chi connectivity index (χ2v) is 6.80. The van der Waals surface area contributed by atoms with Crippen LogP contribution in [0.5, 0.6) is 0 Å². The SMILES string of the molecule is Cc1csc2c(NCCN3CCSCC3)ncnc12. The fourth-order valence-corrected chi connectivity index (χ4v) is 4.20. The third kappa shape index (κ3) is 3.01. The van der Waals surface area contributed by atoms with Crippen LogP contribution in [0.15, 0.2) is 11.7 Å². The molecule has 1 N–H and O–H groups in total. The monoisotopic (exact) mass is 294 g/mol. The normalized spacial score (nSPS) is 16.9. The van der Waals surface area contributed by atoms with Gasteiger partial charge in [0, 0.05) is 37.7 Å². The zero-order chi connectivity index (χ0) is 13.1. The summed E-state index contributed by atoms with van der Waals surface area (Å²) in [6, 6.07) is 0. The highest BCUT2D eigenvalue weighted by atomic mass is 32.2. The number of aromatic nitrogens is 2. The van der Waals surface area contributed by atoms with Gasteiger partial charge in [-0.25, -0.2) is 9.97 Å². The molecule has 0 unspecified atom stereocenters. The predicted octanol–water partition coefficient (Wildman–Crippen LogP) is 2.46. The second kappa shape index (κ2) is 6.07. The van der Waals surface area contributed by atoms with Crippen LogP contribution in [0.1, 0.15) is 5.56 Å². The molecule has 0 amide bonds. The number of hydrogen-bond acceptors (Lipinski definition) is 6. The van der Waals surface area contributed by atoms with Gasteiger partial charge in [-0.1, -0.05) is 0 Å². The first-order chi connectivity index (χ1) is 9.34. The first-order valence-electron chi connectivity index (χ1n) is 6.57. The van der Waals surface area contributed by atoms with Crippen LogP contribution in [0.25, 0.3) is 10.2 Å². The van der Waals surface area contributed by atoms with Crippen molar-refractivity contribution in [1.29, 1.82) is 0 Å². The molecule has 3 rings (SSSR count). The van der Waals surface area contributed by atoms with E-state index < -0.39 is 0 Å². The van der Waals surface area contributed by atoms with Crippen LogP contribution in [0, 0.1) is 6.92 Å². The Labute approximate surface area is 121 Å². The van der Waals surface area contributed by atoms with Gasteiger partial charge in [0.2, 0.25) is 0 Å². The first kappa shape index (κ1) is 13.1. The van der Waals surface area contributed by atoms with Crippen molar-refractivity contribution in [2.45, 2.75) is 6.92 Å². The highest BCUT2D eigenvalue weighted by Crippen LogP contribution is 2.28. The van der Waals surface area contributed by atoms with Crippen molar-refractivity contribution in [2.24, 2.45) is 0 Å². The summed E-state index contributed by atoms with van der Waals surface area (Å²) in [6.07, 6.45) is 1.65. The Balaban J connectivity index is 1.62. The molecule has 102 valence electrons. The molecule has 0 saturated carbocycles. The van der Waals surface area contributed by atoms with Gasteiger partial charge in [-0.3, -0.25) is 4.90 Å². The second-order valence-electron chi connectivity index (χ2n) is 4.70. The van der Waals surface area contributed by atoms with E-state index in [0.717, 1.165) is 24.4 Å². The number of fused-ring (bicyclic) bond motifs is 1. The summed E-state index contributed by atoms with van der Waals surface area (Å²) >= 11 is 3.77. The Hall–Kier alpha value is -0.850. The van der Waals surface area contributed by atoms with E-state index >= 15 is 0 Å². The maximum atomic E-state index is 4.37. The van der Waals surface area contributed by atoms with Crippen molar-refractivity contribution < 1.29 is 0 Å². The summed E-state index contributed by atoms with van der Waals surface area (Å²) in [5.41, 5.74) is 2.32. The molecule has 2 aromatic heterocycles. The predicted molar refractivity (Wildman–Crippen MR) is 84.4 cm³/mol. The smallest absolute Gasteiger partial charge is 0.147 e. The van der Waals surface area contributed by atoms with Crippen molar-refractivity contribution in [1.82, 2.24) is 14.9 Å². The molecule has 2 aromatic rings. The number of nitrogens with one attached hydrogen (secondary N) is 1. The summed E-state index contributed by atoms with van der Waals surface area (Å²) in [4.78, 5) is 11.2. The zero-order valence-corrected chi connectivity index (χ0v) is 12.7. The maximum Gasteiger partial charge on any atom is 0.147 e. The van der Waals surface area contributed by atoms with E-state index in [1.807, 2.05) is 0 Å². The molecule has 0 atom stereocenters. The van der Waals surface area contributed by atoms with Crippen LogP contribution in [-0.4, -0.2) is 52.6 Å². The van der Waals surface area contributed by atoms with Crippen LogP contribution in [-0.2, 0) is 0 Å². The van der Waals surface area contributed by atoms with E-state index in [1.165, 1.54) is 34.9 Å². The number of rotatable bonds is 4. The molecule has 0 aromatic carbocycles. The summed E-state index contributed by atoms with van der Waals surface area (Å²) in [5, 5.41) is 5.60. The molecule has 1 fully saturated rings. The van der Waals surface area contributed by atoms with Gasteiger partial charge in [0.05, 0.1) is 10.2 Å². The molecule has 0 radical (unpaired) electrons. The molecule has 1 saturated heterocycles. The fraction of sp³-hybridized carbons (Fsp3) is 0.538. The standard InChI is InChI=1S/C13H18N4S2/c1-10-8-19-12-11(10)15-9-16-13(12)14-2-3-17-4-6-18-7-5-17/h8-9H,2-7H2,1H3,(H,14,15,16). The average molecular weight is 294 g/mol. The lowest BCUT2D eigenvalue weighted by atomic mass is 10.3. The maximum absolute atomic E-state index is 4.37. The van der Waals surface area contributed by atoms with Crippen LogP contribution < -0.4 is 5.32 Å². The van der Waals surface area contributed by atoms with E-state index in [-0.39, 0.29) is 0 Å². The molecule has 0 spiro atoms. The summed E-state index contributed by atoms with van der Waals surface area (Å²) < 4.78 is 1.18. The van der Waals surface area contributed by atoms with Gasteiger partial charge in [-0.05, 0) is 17.9 Å². The van der Waals surface area contributed by atoms with Gasteiger partial charge in [0.15, 0.2) is 0 Å². The van der Waals surface area contributed by atoms with E-state index in [0.29, 0.717) is 0 Å². The van der Waals surface area contributed by atoms with Crippen molar-refractivity contribution >= 4 is 39.1 Å². The molecule has 0 bridgehead atoms. The largest absolute Gasteiger partial charge is 0.367 e. The number of aryl methyl sites for hydroxylation is 1. The Kier molecular flexibility index (Phi) is 4.20. The van der Waals surface area contributed by atoms with Crippen LogP contribution in [0.3, 0.4) is 0 Å². The molecule has 4 nitrogen and oxygen atoms in total. The lowest BCUT2D eigenvalue weighted by molar-refractivity contribution is 0.314. The minimum absolute atomic E-state index is 0.952. The summed E-state index contributed by atoms with van der Waals surface area (Å²) in [5.74, 6) is 3.51. The number of thiophene rings is 1. The highest BCUT2D eigenvalue weighted by Gasteiger charge is 2.11. The van der Waals surface area contributed by atoms with E-state index in [1.54, 1.807) is 17.7 Å². The molecule has 1 aliphatic rings. The zero-order valence-electron chi connectivity index (χ0n) is 11.1. The van der Waals surface area contributed by atoms with Gasteiger partial charge >= 0.3 is 0 Å². The number of hydrogen-bond donors (Lipinski definition) is 1. The Morgan fingerprint density at radius 3 is 3.00 bits per heavy atom. The van der Waals surface area contributed by atoms with E-state index in [4.69, 9.17) is 0 Å². The van der Waals surface area contributed by atoms with Crippen molar-refractivity contribution in [3.63, 3.8) is 0 Å². The van der Waals surface area contributed by atoms with Gasteiger partial charge in [-0.15, -0.1) is 11.3 Å². The van der Waals surface area contributed by atoms with Gasteiger partial charge < -0.3 is 5.32 Å². The molecule has 1 aliphatic heterocycles. The minimum Gasteiger partial charge on any atom is -0.367 e. The first-order valence-corrected chi connectivity index (χ1v) is 8.61. The van der Waals surface area contributed by atoms with Gasteiger partial charge in [0.1, 0.15) is 12.1 Å². The quantitative estimate of drug-likeness (QED) is 0.938. The minimum atomic E-state index is 0.952. The molecule has 3 heterocycles. The fourth-order valence-electron chi connectivity index (χ4n) is 2.25. The van der Waals surface area contributed by atoms with Crippen LogP contribution in [0.2, 0.25) is 0 Å². The number of nitrogens with zero attached hydrogens (tertiary/aromatic N) is 3. The third-order valence-electron chi connectivity index (χ3n) is 3.36. The van der Waals surface area contributed by atoms with E-state index in [9.17, 15) is 0 Å². The molecule has 19 heavy (non-hydrogen) atoms. The lowest BCUT2D eigenvalue weighted by Crippen LogP contribution is -2.36. The van der Waals surface area contributed by atoms with Crippen LogP contribution in [0.4, 0.5) is 5.82 Å². The Bertz CT molecular complexity index is 549. The topological polar surface area (TPSA) is 41.0 Å². The van der Waals surface area contributed by atoms with Gasteiger partial charge in [-0.2, -0.15) is 11.8 Å². The average Bonchev–Trinajstić information content (AvgIpc) is 2.83. The Morgan fingerprint density at radius 2 is 2.16 bits per heavy atom. The van der Waals surface area contributed by atoms with Crippen molar-refractivity contribution in [2.75, 3.05) is 43.0 Å². The Morgan fingerprint density at radius 1 is 1.32 bits per heavy atom. The van der Waals surface area contributed by atoms with Crippen LogP contribution >= 0.6 is 23.1 Å². The molecular weight excluding hydrogens is 276 g/mol. The van der Waals surface area contributed by atoms with Crippen molar-refractivity contribution in [3.8, 4) is 0 Å².